The molecule has 0 heterocycles. The van der Waals surface area contributed by atoms with Crippen molar-refractivity contribution in [2.24, 2.45) is 5.41 Å². The Morgan fingerprint density at radius 3 is 1.94 bits per heavy atom. The average molecular weight is 241 g/mol. The third-order valence-corrected chi connectivity index (χ3v) is 3.49. The van der Waals surface area contributed by atoms with Crippen LogP contribution in [-0.4, -0.2) is 13.1 Å². The highest BCUT2D eigenvalue weighted by Crippen LogP contribution is 2.23. The highest BCUT2D eigenvalue weighted by molar-refractivity contribution is 4.71. The van der Waals surface area contributed by atoms with Crippen molar-refractivity contribution in [3.05, 3.63) is 0 Å². The van der Waals surface area contributed by atoms with E-state index in [1.54, 1.807) is 0 Å². The van der Waals surface area contributed by atoms with Gasteiger partial charge >= 0.3 is 0 Å². The van der Waals surface area contributed by atoms with Gasteiger partial charge in [0.25, 0.3) is 0 Å². The molecule has 17 heavy (non-hydrogen) atoms. The zero-order valence-corrected chi connectivity index (χ0v) is 12.8. The molecule has 0 saturated carbocycles. The third-order valence-electron chi connectivity index (χ3n) is 3.49. The van der Waals surface area contributed by atoms with E-state index in [1.165, 1.54) is 70.9 Å². The van der Waals surface area contributed by atoms with Crippen molar-refractivity contribution < 1.29 is 0 Å². The van der Waals surface area contributed by atoms with Gasteiger partial charge in [0, 0.05) is 6.54 Å². The lowest BCUT2D eigenvalue weighted by atomic mass is 9.86. The molecule has 1 nitrogen and oxygen atoms in total. The van der Waals surface area contributed by atoms with E-state index in [4.69, 9.17) is 0 Å². The Kier molecular flexibility index (Phi) is 11.0. The number of nitrogens with one attached hydrogen (secondary N) is 1. The van der Waals surface area contributed by atoms with Crippen molar-refractivity contribution in [3.8, 4) is 0 Å². The van der Waals surface area contributed by atoms with E-state index in [0.717, 1.165) is 0 Å². The quantitative estimate of drug-likeness (QED) is 0.466. The topological polar surface area (TPSA) is 12.0 Å². The van der Waals surface area contributed by atoms with Gasteiger partial charge in [0.2, 0.25) is 0 Å². The fourth-order valence-corrected chi connectivity index (χ4v) is 2.25. The number of unbranched alkanes of at least 4 members (excludes halogenated alkanes) is 6. The van der Waals surface area contributed by atoms with Gasteiger partial charge in [0.15, 0.2) is 0 Å². The molecule has 104 valence electrons. The molecule has 0 unspecified atom stereocenters. The standard InChI is InChI=1S/C16H35N/c1-5-7-8-9-10-11-12-13-16(3,4)15-17-14-6-2/h17H,5-15H2,1-4H3. The van der Waals surface area contributed by atoms with Crippen LogP contribution in [0.1, 0.15) is 85.5 Å². The molecule has 0 aromatic carbocycles. The SMILES string of the molecule is CCCCCCCCCC(C)(C)CNCCC. The maximum atomic E-state index is 3.54. The van der Waals surface area contributed by atoms with E-state index in [9.17, 15) is 0 Å². The second-order valence-electron chi connectivity index (χ2n) is 6.21. The molecular formula is C16H35N. The minimum Gasteiger partial charge on any atom is -0.316 e. The largest absolute Gasteiger partial charge is 0.316 e. The van der Waals surface area contributed by atoms with Gasteiger partial charge in [0.05, 0.1) is 0 Å². The van der Waals surface area contributed by atoms with Crippen molar-refractivity contribution in [3.63, 3.8) is 0 Å². The minimum absolute atomic E-state index is 0.485. The summed E-state index contributed by atoms with van der Waals surface area (Å²) in [7, 11) is 0. The van der Waals surface area contributed by atoms with Gasteiger partial charge in [-0.1, -0.05) is 72.6 Å². The van der Waals surface area contributed by atoms with Crippen LogP contribution in [0.4, 0.5) is 0 Å². The van der Waals surface area contributed by atoms with Crippen molar-refractivity contribution in [2.45, 2.75) is 85.5 Å². The Morgan fingerprint density at radius 2 is 1.35 bits per heavy atom. The monoisotopic (exact) mass is 241 g/mol. The molecule has 0 aliphatic heterocycles. The summed E-state index contributed by atoms with van der Waals surface area (Å²) in [6.45, 7) is 11.7. The van der Waals surface area contributed by atoms with E-state index in [-0.39, 0.29) is 0 Å². The number of hydrogen-bond donors (Lipinski definition) is 1. The van der Waals surface area contributed by atoms with Crippen molar-refractivity contribution in [1.29, 1.82) is 0 Å². The molecule has 0 atom stereocenters. The summed E-state index contributed by atoms with van der Waals surface area (Å²) in [6.07, 6.45) is 12.6. The maximum Gasteiger partial charge on any atom is 0.000251 e. The summed E-state index contributed by atoms with van der Waals surface area (Å²) in [4.78, 5) is 0. The Balaban J connectivity index is 3.32. The number of rotatable bonds is 12. The molecule has 0 bridgehead atoms. The average Bonchev–Trinajstić information content (AvgIpc) is 2.28. The molecule has 0 rings (SSSR count). The first-order chi connectivity index (χ1) is 8.12. The summed E-state index contributed by atoms with van der Waals surface area (Å²) >= 11 is 0. The van der Waals surface area contributed by atoms with Gasteiger partial charge in [-0.15, -0.1) is 0 Å². The molecule has 0 aliphatic carbocycles. The number of hydrogen-bond acceptors (Lipinski definition) is 1. The van der Waals surface area contributed by atoms with Crippen LogP contribution >= 0.6 is 0 Å². The minimum atomic E-state index is 0.485. The van der Waals surface area contributed by atoms with Crippen molar-refractivity contribution in [2.75, 3.05) is 13.1 Å². The van der Waals surface area contributed by atoms with Gasteiger partial charge in [-0.3, -0.25) is 0 Å². The lowest BCUT2D eigenvalue weighted by molar-refractivity contribution is 0.301. The Morgan fingerprint density at radius 1 is 0.765 bits per heavy atom. The van der Waals surface area contributed by atoms with Gasteiger partial charge < -0.3 is 5.32 Å². The predicted octanol–water partition coefficient (Wildman–Crippen LogP) is 5.15. The van der Waals surface area contributed by atoms with Gasteiger partial charge in [-0.25, -0.2) is 0 Å². The first-order valence-electron chi connectivity index (χ1n) is 7.83. The molecule has 0 amide bonds. The summed E-state index contributed by atoms with van der Waals surface area (Å²) in [5.74, 6) is 0. The van der Waals surface area contributed by atoms with Gasteiger partial charge in [-0.2, -0.15) is 0 Å². The van der Waals surface area contributed by atoms with Crippen LogP contribution < -0.4 is 5.32 Å². The summed E-state index contributed by atoms with van der Waals surface area (Å²) < 4.78 is 0. The highest BCUT2D eigenvalue weighted by Gasteiger charge is 2.16. The van der Waals surface area contributed by atoms with Crippen LogP contribution in [0.5, 0.6) is 0 Å². The van der Waals surface area contributed by atoms with Crippen LogP contribution in [0, 0.1) is 5.41 Å². The Labute approximate surface area is 110 Å². The van der Waals surface area contributed by atoms with E-state index in [0.29, 0.717) is 5.41 Å². The molecule has 0 fully saturated rings. The first-order valence-corrected chi connectivity index (χ1v) is 7.83. The molecule has 0 aromatic heterocycles. The fraction of sp³-hybridized carbons (Fsp3) is 1.00. The van der Waals surface area contributed by atoms with Gasteiger partial charge in [-0.05, 0) is 24.8 Å². The van der Waals surface area contributed by atoms with Crippen LogP contribution in [-0.2, 0) is 0 Å². The highest BCUT2D eigenvalue weighted by atomic mass is 14.9. The third kappa shape index (κ3) is 12.2. The summed E-state index contributed by atoms with van der Waals surface area (Å²) in [6, 6.07) is 0. The zero-order chi connectivity index (χ0) is 13.0. The zero-order valence-electron chi connectivity index (χ0n) is 12.8. The van der Waals surface area contributed by atoms with Crippen LogP contribution in [0.2, 0.25) is 0 Å². The van der Waals surface area contributed by atoms with E-state index in [2.05, 4.69) is 33.0 Å². The second-order valence-corrected chi connectivity index (χ2v) is 6.21. The molecule has 1 heteroatoms. The fourth-order valence-electron chi connectivity index (χ4n) is 2.25. The molecule has 0 saturated heterocycles. The second kappa shape index (κ2) is 11.1. The lowest BCUT2D eigenvalue weighted by Crippen LogP contribution is -2.29. The van der Waals surface area contributed by atoms with E-state index >= 15 is 0 Å². The molecule has 0 radical (unpaired) electrons. The van der Waals surface area contributed by atoms with E-state index < -0.39 is 0 Å². The predicted molar refractivity (Wildman–Crippen MR) is 79.6 cm³/mol. The van der Waals surface area contributed by atoms with Crippen molar-refractivity contribution in [1.82, 2.24) is 5.32 Å². The van der Waals surface area contributed by atoms with Crippen molar-refractivity contribution >= 4 is 0 Å². The smallest absolute Gasteiger partial charge is 0.000251 e. The summed E-state index contributed by atoms with van der Waals surface area (Å²) in [5.41, 5.74) is 0.485. The first kappa shape index (κ1) is 17.0. The van der Waals surface area contributed by atoms with Crippen LogP contribution in [0.15, 0.2) is 0 Å². The normalized spacial score (nSPS) is 12.0. The molecular weight excluding hydrogens is 206 g/mol. The Bertz CT molecular complexity index is 152. The van der Waals surface area contributed by atoms with Crippen LogP contribution in [0.3, 0.4) is 0 Å². The van der Waals surface area contributed by atoms with Crippen LogP contribution in [0.25, 0.3) is 0 Å². The van der Waals surface area contributed by atoms with E-state index in [1.807, 2.05) is 0 Å². The summed E-state index contributed by atoms with van der Waals surface area (Å²) in [5, 5.41) is 3.54. The maximum absolute atomic E-state index is 3.54. The molecule has 0 aromatic rings. The molecule has 0 aliphatic rings. The van der Waals surface area contributed by atoms with Gasteiger partial charge in [0.1, 0.15) is 0 Å². The molecule has 1 N–H and O–H groups in total. The lowest BCUT2D eigenvalue weighted by Gasteiger charge is -2.25. The molecule has 0 spiro atoms. The Hall–Kier alpha value is -0.0400.